The Morgan fingerprint density at radius 1 is 1.00 bits per heavy atom. The van der Waals surface area contributed by atoms with Crippen LogP contribution in [0.1, 0.15) is 99.8 Å². The summed E-state index contributed by atoms with van der Waals surface area (Å²) in [4.78, 5) is 11.5. The molecule has 0 aromatic heterocycles. The third-order valence-electron chi connectivity index (χ3n) is 10.8. The average Bonchev–Trinajstić information content (AvgIpc) is 3.08. The first-order valence-electron chi connectivity index (χ1n) is 13.6. The Morgan fingerprint density at radius 3 is 2.38 bits per heavy atom. The number of carbonyl (C=O) groups excluding carboxylic acids is 1. The van der Waals surface area contributed by atoms with E-state index < -0.39 is 0 Å². The minimum atomic E-state index is -0.109. The van der Waals surface area contributed by atoms with Gasteiger partial charge in [-0.1, -0.05) is 65.3 Å². The first kappa shape index (κ1) is 24.1. The molecule has 4 aliphatic carbocycles. The third-order valence-corrected chi connectivity index (χ3v) is 10.8. The van der Waals surface area contributed by atoms with Crippen molar-refractivity contribution in [2.45, 2.75) is 106 Å². The fourth-order valence-electron chi connectivity index (χ4n) is 8.43. The van der Waals surface area contributed by atoms with E-state index in [1.807, 2.05) is 5.57 Å². The zero-order valence-corrected chi connectivity index (χ0v) is 21.8. The van der Waals surface area contributed by atoms with Crippen LogP contribution in [0.25, 0.3) is 0 Å². The van der Waals surface area contributed by atoms with Crippen LogP contribution < -0.4 is 0 Å². The first-order valence-corrected chi connectivity index (χ1v) is 13.6. The van der Waals surface area contributed by atoms with Crippen molar-refractivity contribution in [1.29, 1.82) is 0 Å². The zero-order chi connectivity index (χ0) is 23.3. The summed E-state index contributed by atoms with van der Waals surface area (Å²) in [6.07, 6.45) is 17.9. The van der Waals surface area contributed by atoms with Gasteiger partial charge in [0.25, 0.3) is 0 Å². The molecule has 4 rings (SSSR count). The lowest BCUT2D eigenvalue weighted by molar-refractivity contribution is -0.152. The van der Waals surface area contributed by atoms with Gasteiger partial charge in [0.1, 0.15) is 6.10 Å². The highest BCUT2D eigenvalue weighted by Gasteiger charge is 2.58. The minimum absolute atomic E-state index is 0.109. The van der Waals surface area contributed by atoms with Crippen LogP contribution in [0.3, 0.4) is 0 Å². The molecule has 9 atom stereocenters. The largest absolute Gasteiger partial charge is 0.463 e. The van der Waals surface area contributed by atoms with Crippen molar-refractivity contribution in [2.24, 2.45) is 52.3 Å². The predicted octanol–water partition coefficient (Wildman–Crippen LogP) is 7.98. The molecule has 3 unspecified atom stereocenters. The molecule has 2 nitrogen and oxygen atoms in total. The number of hydrogen-bond donors (Lipinski definition) is 0. The zero-order valence-electron chi connectivity index (χ0n) is 21.8. The van der Waals surface area contributed by atoms with Crippen molar-refractivity contribution in [3.8, 4) is 0 Å². The maximum Gasteiger partial charge on any atom is 0.302 e. The number of carbonyl (C=O) groups is 1. The quantitative estimate of drug-likeness (QED) is 0.320. The molecule has 3 fully saturated rings. The number of allylic oxidation sites excluding steroid dienone is 4. The molecule has 3 saturated carbocycles. The van der Waals surface area contributed by atoms with Gasteiger partial charge < -0.3 is 4.74 Å². The van der Waals surface area contributed by atoms with E-state index in [0.29, 0.717) is 28.6 Å². The highest BCUT2D eigenvalue weighted by Crippen LogP contribution is 2.66. The second kappa shape index (κ2) is 8.95. The van der Waals surface area contributed by atoms with E-state index >= 15 is 0 Å². The van der Waals surface area contributed by atoms with Crippen LogP contribution in [-0.4, -0.2) is 12.1 Å². The Balaban J connectivity index is 1.51. The number of esters is 1. The van der Waals surface area contributed by atoms with Crippen LogP contribution in [0.15, 0.2) is 23.8 Å². The lowest BCUT2D eigenvalue weighted by atomic mass is 9.47. The minimum Gasteiger partial charge on any atom is -0.463 e. The van der Waals surface area contributed by atoms with Gasteiger partial charge >= 0.3 is 5.97 Å². The summed E-state index contributed by atoms with van der Waals surface area (Å²) in [7, 11) is 0. The number of rotatable bonds is 5. The Bertz CT molecular complexity index is 763. The van der Waals surface area contributed by atoms with Crippen LogP contribution in [0.2, 0.25) is 0 Å². The van der Waals surface area contributed by atoms with Crippen LogP contribution in [0.4, 0.5) is 0 Å². The van der Waals surface area contributed by atoms with Gasteiger partial charge in [-0.15, -0.1) is 0 Å². The summed E-state index contributed by atoms with van der Waals surface area (Å²) in [6.45, 7) is 16.3. The molecule has 0 aliphatic heterocycles. The molecule has 180 valence electrons. The number of ether oxygens (including phenoxy) is 1. The van der Waals surface area contributed by atoms with Gasteiger partial charge in [-0.2, -0.15) is 0 Å². The molecule has 0 amide bonds. The van der Waals surface area contributed by atoms with Crippen molar-refractivity contribution in [3.05, 3.63) is 23.8 Å². The van der Waals surface area contributed by atoms with Gasteiger partial charge in [0.15, 0.2) is 0 Å². The van der Waals surface area contributed by atoms with Gasteiger partial charge in [0, 0.05) is 6.92 Å². The van der Waals surface area contributed by atoms with E-state index in [1.54, 1.807) is 6.92 Å². The third kappa shape index (κ3) is 4.14. The molecular formula is C30H48O2. The highest BCUT2D eigenvalue weighted by molar-refractivity contribution is 5.66. The summed E-state index contributed by atoms with van der Waals surface area (Å²) < 4.78 is 5.64. The standard InChI is InChI=1S/C30H48O2/c1-19(2)20(3)8-9-21(4)26-12-13-27-25-11-10-23-18-24(32-22(5)31)14-16-29(23,6)28(25)15-17-30(26,27)7/h8-9,11,19-21,23-24,26-28H,10,12-18H2,1-7H3/b9-8+/t20-,21+,23?,24-,26+,27?,28?,29-,30+/m0/s1. The smallest absolute Gasteiger partial charge is 0.302 e. The van der Waals surface area contributed by atoms with Crippen LogP contribution in [0.5, 0.6) is 0 Å². The SMILES string of the molecule is CC(=O)O[C@H]1CC[C@@]2(C)C(CC=C3C2CC[C@@]2(C)C3CC[C@@H]2[C@H](C)/C=C/[C@H](C)C(C)C)C1. The monoisotopic (exact) mass is 440 g/mol. The van der Waals surface area contributed by atoms with Crippen LogP contribution >= 0.6 is 0 Å². The maximum absolute atomic E-state index is 11.5. The molecule has 0 spiro atoms. The molecule has 0 bridgehead atoms. The predicted molar refractivity (Wildman–Crippen MR) is 133 cm³/mol. The average molecular weight is 441 g/mol. The van der Waals surface area contributed by atoms with Gasteiger partial charge in [-0.3, -0.25) is 4.79 Å². The molecule has 0 aromatic rings. The Kier molecular flexibility index (Phi) is 6.74. The van der Waals surface area contributed by atoms with Crippen LogP contribution in [0, 0.1) is 52.3 Å². The van der Waals surface area contributed by atoms with Gasteiger partial charge in [0.2, 0.25) is 0 Å². The van der Waals surface area contributed by atoms with E-state index in [4.69, 9.17) is 4.74 Å². The van der Waals surface area contributed by atoms with Crippen molar-refractivity contribution in [2.75, 3.05) is 0 Å². The second-order valence-electron chi connectivity index (χ2n) is 12.8. The molecule has 0 saturated heterocycles. The Labute approximate surface area is 197 Å². The second-order valence-corrected chi connectivity index (χ2v) is 12.8. The summed E-state index contributed by atoms with van der Waals surface area (Å²) in [5.41, 5.74) is 2.70. The fourth-order valence-corrected chi connectivity index (χ4v) is 8.43. The van der Waals surface area contributed by atoms with E-state index in [0.717, 1.165) is 36.5 Å². The van der Waals surface area contributed by atoms with E-state index in [1.165, 1.54) is 38.5 Å². The summed E-state index contributed by atoms with van der Waals surface area (Å²) in [6, 6.07) is 0. The fraction of sp³-hybridized carbons (Fsp3) is 0.833. The maximum atomic E-state index is 11.5. The normalized spacial score (nSPS) is 43.2. The Morgan fingerprint density at radius 2 is 1.69 bits per heavy atom. The van der Waals surface area contributed by atoms with E-state index in [9.17, 15) is 4.79 Å². The van der Waals surface area contributed by atoms with Gasteiger partial charge in [-0.05, 0) is 104 Å². The number of hydrogen-bond acceptors (Lipinski definition) is 2. The van der Waals surface area contributed by atoms with Crippen molar-refractivity contribution < 1.29 is 9.53 Å². The lowest BCUT2D eigenvalue weighted by Gasteiger charge is -2.58. The van der Waals surface area contributed by atoms with Crippen molar-refractivity contribution >= 4 is 5.97 Å². The molecule has 2 heteroatoms. The van der Waals surface area contributed by atoms with Crippen molar-refractivity contribution in [3.63, 3.8) is 0 Å². The highest BCUT2D eigenvalue weighted by atomic mass is 16.5. The molecule has 0 aromatic carbocycles. The lowest BCUT2D eigenvalue weighted by Crippen LogP contribution is -2.50. The topological polar surface area (TPSA) is 26.3 Å². The van der Waals surface area contributed by atoms with E-state index in [2.05, 4.69) is 59.8 Å². The summed E-state index contributed by atoms with van der Waals surface area (Å²) in [5, 5.41) is 0. The Hall–Kier alpha value is -1.05. The molecule has 32 heavy (non-hydrogen) atoms. The molecular weight excluding hydrogens is 392 g/mol. The van der Waals surface area contributed by atoms with Gasteiger partial charge in [0.05, 0.1) is 0 Å². The summed E-state index contributed by atoms with van der Waals surface area (Å²) >= 11 is 0. The molecule has 0 N–H and O–H groups in total. The van der Waals surface area contributed by atoms with Crippen molar-refractivity contribution in [1.82, 2.24) is 0 Å². The molecule has 4 aliphatic rings. The molecule has 0 heterocycles. The first-order chi connectivity index (χ1) is 15.1. The van der Waals surface area contributed by atoms with Gasteiger partial charge in [-0.25, -0.2) is 0 Å². The molecule has 0 radical (unpaired) electrons. The van der Waals surface area contributed by atoms with Crippen LogP contribution in [-0.2, 0) is 9.53 Å². The number of fused-ring (bicyclic) bond motifs is 5. The van der Waals surface area contributed by atoms with E-state index in [-0.39, 0.29) is 12.1 Å². The summed E-state index contributed by atoms with van der Waals surface area (Å²) in [5.74, 6) is 4.98.